The summed E-state index contributed by atoms with van der Waals surface area (Å²) in [5.41, 5.74) is -0.783. The average molecular weight is 439 g/mol. The number of nitrogens with zero attached hydrogens (tertiary/aromatic N) is 4. The van der Waals surface area contributed by atoms with Gasteiger partial charge in [0.25, 0.3) is 5.91 Å². The summed E-state index contributed by atoms with van der Waals surface area (Å²) in [6.07, 6.45) is -4.69. The third kappa shape index (κ3) is 3.43. The molecule has 10 heteroatoms. The van der Waals surface area contributed by atoms with Crippen molar-refractivity contribution < 1.29 is 22.4 Å². The second kappa shape index (κ2) is 7.39. The average Bonchev–Trinajstić information content (AvgIpc) is 3.08. The van der Waals surface area contributed by atoms with Crippen molar-refractivity contribution in [3.63, 3.8) is 0 Å². The molecule has 156 valence electrons. The zero-order chi connectivity index (χ0) is 21.6. The van der Waals surface area contributed by atoms with Gasteiger partial charge in [-0.25, -0.2) is 4.39 Å². The lowest BCUT2D eigenvalue weighted by Crippen LogP contribution is -2.43. The number of rotatable bonds is 2. The van der Waals surface area contributed by atoms with Crippen molar-refractivity contribution in [2.24, 2.45) is 0 Å². The van der Waals surface area contributed by atoms with E-state index in [0.717, 1.165) is 12.1 Å². The van der Waals surface area contributed by atoms with Crippen molar-refractivity contribution in [1.29, 1.82) is 0 Å². The largest absolute Gasteiger partial charge is 0.417 e. The van der Waals surface area contributed by atoms with Gasteiger partial charge >= 0.3 is 6.18 Å². The van der Waals surface area contributed by atoms with Gasteiger partial charge in [-0.1, -0.05) is 29.8 Å². The molecule has 2 aromatic carbocycles. The zero-order valence-corrected chi connectivity index (χ0v) is 16.4. The van der Waals surface area contributed by atoms with E-state index in [1.165, 1.54) is 35.2 Å². The Hall–Kier alpha value is -2.94. The number of fused-ring (bicyclic) bond motifs is 1. The quantitative estimate of drug-likeness (QED) is 0.548. The van der Waals surface area contributed by atoms with Crippen molar-refractivity contribution in [2.75, 3.05) is 6.54 Å². The van der Waals surface area contributed by atoms with Gasteiger partial charge in [-0.3, -0.25) is 4.79 Å². The number of benzene rings is 2. The Morgan fingerprint density at radius 2 is 1.80 bits per heavy atom. The van der Waals surface area contributed by atoms with Crippen LogP contribution in [-0.2, 0) is 12.7 Å². The molecule has 0 aliphatic carbocycles. The molecule has 5 nitrogen and oxygen atoms in total. The maximum Gasteiger partial charge on any atom is 0.417 e. The molecule has 1 unspecified atom stereocenters. The van der Waals surface area contributed by atoms with Gasteiger partial charge in [-0.2, -0.15) is 13.2 Å². The molecule has 0 bridgehead atoms. The molecule has 0 N–H and O–H groups in total. The van der Waals surface area contributed by atoms with E-state index in [9.17, 15) is 22.4 Å². The Bertz CT molecular complexity index is 1110. The van der Waals surface area contributed by atoms with E-state index in [1.54, 1.807) is 6.92 Å². The molecule has 0 saturated heterocycles. The first-order valence-electron chi connectivity index (χ1n) is 9.00. The van der Waals surface area contributed by atoms with Crippen LogP contribution in [0, 0.1) is 12.7 Å². The number of carbonyl (C=O) groups is 1. The van der Waals surface area contributed by atoms with Gasteiger partial charge in [0.05, 0.1) is 16.1 Å². The highest BCUT2D eigenvalue weighted by Gasteiger charge is 2.39. The van der Waals surface area contributed by atoms with Crippen molar-refractivity contribution >= 4 is 17.5 Å². The van der Waals surface area contributed by atoms with Crippen LogP contribution in [0.1, 0.15) is 39.2 Å². The van der Waals surface area contributed by atoms with Crippen molar-refractivity contribution in [3.8, 4) is 0 Å². The maximum atomic E-state index is 13.4. The summed E-state index contributed by atoms with van der Waals surface area (Å²) < 4.78 is 55.0. The molecule has 1 amide bonds. The molecular weight excluding hydrogens is 424 g/mol. The fraction of sp³-hybridized carbons (Fsp3) is 0.250. The molecule has 0 radical (unpaired) electrons. The molecule has 1 aliphatic heterocycles. The number of aryl methyl sites for hydroxylation is 1. The van der Waals surface area contributed by atoms with E-state index < -0.39 is 34.5 Å². The standard InChI is InChI=1S/C20H15ClF4N4O/c1-11-26-27-18-17(12-5-7-13(22)8-6-12)29(10-9-28(11)18)19(30)14-3-2-4-15(16(14)21)20(23,24)25/h2-8,17H,9-10H2,1H3. The molecule has 4 rings (SSSR count). The van der Waals surface area contributed by atoms with Crippen LogP contribution in [0.15, 0.2) is 42.5 Å². The number of halogens is 5. The Balaban J connectivity index is 1.81. The zero-order valence-electron chi connectivity index (χ0n) is 15.6. The third-order valence-corrected chi connectivity index (χ3v) is 5.47. The van der Waals surface area contributed by atoms with Gasteiger partial charge in [0, 0.05) is 13.1 Å². The molecule has 1 atom stereocenters. The Kier molecular flexibility index (Phi) is 5.01. The molecule has 0 fully saturated rings. The van der Waals surface area contributed by atoms with Gasteiger partial charge in [0.1, 0.15) is 17.7 Å². The van der Waals surface area contributed by atoms with Crippen molar-refractivity contribution in [2.45, 2.75) is 25.7 Å². The second-order valence-corrected chi connectivity index (χ2v) is 7.25. The van der Waals surface area contributed by atoms with Crippen LogP contribution in [0.5, 0.6) is 0 Å². The maximum absolute atomic E-state index is 13.4. The van der Waals surface area contributed by atoms with Crippen LogP contribution in [-0.4, -0.2) is 32.1 Å². The Labute approximate surface area is 173 Å². The van der Waals surface area contributed by atoms with Gasteiger partial charge in [0.15, 0.2) is 5.82 Å². The van der Waals surface area contributed by atoms with Crippen LogP contribution in [0.3, 0.4) is 0 Å². The van der Waals surface area contributed by atoms with E-state index >= 15 is 0 Å². The lowest BCUT2D eigenvalue weighted by atomic mass is 10.0. The summed E-state index contributed by atoms with van der Waals surface area (Å²) in [7, 11) is 0. The summed E-state index contributed by atoms with van der Waals surface area (Å²) in [5, 5.41) is 7.55. The molecule has 1 aromatic heterocycles. The SMILES string of the molecule is Cc1nnc2n1CCN(C(=O)c1cccc(C(F)(F)F)c1Cl)C2c1ccc(F)cc1. The molecule has 3 aromatic rings. The van der Waals surface area contributed by atoms with E-state index in [0.29, 0.717) is 23.8 Å². The summed E-state index contributed by atoms with van der Waals surface area (Å²) in [5.74, 6) is -0.0403. The van der Waals surface area contributed by atoms with Crippen molar-refractivity contribution in [1.82, 2.24) is 19.7 Å². The summed E-state index contributed by atoms with van der Waals surface area (Å²) >= 11 is 5.98. The second-order valence-electron chi connectivity index (χ2n) is 6.87. The number of amides is 1. The van der Waals surface area contributed by atoms with Crippen LogP contribution in [0.2, 0.25) is 5.02 Å². The van der Waals surface area contributed by atoms with Crippen molar-refractivity contribution in [3.05, 3.63) is 81.6 Å². The number of carbonyl (C=O) groups excluding carboxylic acids is 1. The minimum absolute atomic E-state index is 0.194. The molecular formula is C20H15ClF4N4O. The first-order valence-corrected chi connectivity index (χ1v) is 9.38. The predicted octanol–water partition coefficient (Wildman–Crippen LogP) is 4.64. The number of hydrogen-bond donors (Lipinski definition) is 0. The lowest BCUT2D eigenvalue weighted by molar-refractivity contribution is -0.137. The monoisotopic (exact) mass is 438 g/mol. The highest BCUT2D eigenvalue weighted by Crippen LogP contribution is 2.38. The van der Waals surface area contributed by atoms with Gasteiger partial charge in [-0.15, -0.1) is 10.2 Å². The van der Waals surface area contributed by atoms with Crippen LogP contribution < -0.4 is 0 Å². The summed E-state index contributed by atoms with van der Waals surface area (Å²) in [6.45, 7) is 2.33. The Morgan fingerprint density at radius 1 is 1.10 bits per heavy atom. The van der Waals surface area contributed by atoms with E-state index in [-0.39, 0.29) is 12.1 Å². The number of alkyl halides is 3. The first kappa shape index (κ1) is 20.3. The molecule has 0 saturated carbocycles. The highest BCUT2D eigenvalue weighted by atomic mass is 35.5. The summed E-state index contributed by atoms with van der Waals surface area (Å²) in [6, 6.07) is 7.99. The lowest BCUT2D eigenvalue weighted by Gasteiger charge is -2.36. The van der Waals surface area contributed by atoms with Gasteiger partial charge in [0.2, 0.25) is 0 Å². The first-order chi connectivity index (χ1) is 14.2. The predicted molar refractivity (Wildman–Crippen MR) is 100 cm³/mol. The smallest absolute Gasteiger partial charge is 0.322 e. The molecule has 2 heterocycles. The molecule has 1 aliphatic rings. The normalized spacial score (nSPS) is 16.5. The molecule has 0 spiro atoms. The van der Waals surface area contributed by atoms with E-state index in [4.69, 9.17) is 11.6 Å². The van der Waals surface area contributed by atoms with E-state index in [1.807, 2.05) is 4.57 Å². The summed E-state index contributed by atoms with van der Waals surface area (Å²) in [4.78, 5) is 14.7. The fourth-order valence-electron chi connectivity index (χ4n) is 3.62. The Morgan fingerprint density at radius 3 is 2.47 bits per heavy atom. The minimum Gasteiger partial charge on any atom is -0.322 e. The highest BCUT2D eigenvalue weighted by molar-refractivity contribution is 6.34. The topological polar surface area (TPSA) is 51.0 Å². The van der Waals surface area contributed by atoms with Gasteiger partial charge in [-0.05, 0) is 36.8 Å². The minimum atomic E-state index is -4.69. The van der Waals surface area contributed by atoms with Crippen LogP contribution in [0.4, 0.5) is 17.6 Å². The molecule has 30 heavy (non-hydrogen) atoms. The van der Waals surface area contributed by atoms with Crippen LogP contribution >= 0.6 is 11.6 Å². The number of hydrogen-bond acceptors (Lipinski definition) is 3. The third-order valence-electron chi connectivity index (χ3n) is 5.07. The number of aromatic nitrogens is 3. The van der Waals surface area contributed by atoms with Crippen LogP contribution in [0.25, 0.3) is 0 Å². The van der Waals surface area contributed by atoms with Gasteiger partial charge < -0.3 is 9.47 Å². The van der Waals surface area contributed by atoms with E-state index in [2.05, 4.69) is 10.2 Å². The fourth-order valence-corrected chi connectivity index (χ4v) is 3.93.